The van der Waals surface area contributed by atoms with Crippen LogP contribution in [0.2, 0.25) is 0 Å². The van der Waals surface area contributed by atoms with Crippen LogP contribution in [0.5, 0.6) is 5.75 Å². The Morgan fingerprint density at radius 1 is 1.21 bits per heavy atom. The lowest BCUT2D eigenvalue weighted by molar-refractivity contribution is -0.0676. The van der Waals surface area contributed by atoms with Gasteiger partial charge in [-0.25, -0.2) is 0 Å². The molecule has 0 aliphatic rings. The fraction of sp³-hybridized carbons (Fsp3) is 0.125. The van der Waals surface area contributed by atoms with Crippen LogP contribution >= 0.6 is 28.1 Å². The largest absolute Gasteiger partial charge is 0.460 e. The molecule has 0 unspecified atom stereocenters. The lowest BCUT2D eigenvalue weighted by Gasteiger charge is -2.09. The molecule has 0 saturated heterocycles. The van der Waals surface area contributed by atoms with Crippen LogP contribution in [0.1, 0.15) is 0 Å². The number of halogens is 4. The molecule has 1 aromatic carbocycles. The Bertz CT molecular complexity index is 333. The van der Waals surface area contributed by atoms with E-state index in [2.05, 4.69) is 32.9 Å². The summed E-state index contributed by atoms with van der Waals surface area (Å²) in [6, 6.07) is 5.91. The van der Waals surface area contributed by atoms with Gasteiger partial charge in [-0.05, 0) is 36.5 Å². The van der Waals surface area contributed by atoms with Crippen LogP contribution in [-0.4, -0.2) is 11.2 Å². The van der Waals surface area contributed by atoms with E-state index in [0.717, 1.165) is 4.47 Å². The van der Waals surface area contributed by atoms with E-state index in [-0.39, 0.29) is 5.75 Å². The molecular weight excluding hydrogens is 281 g/mol. The molecule has 0 aliphatic carbocycles. The lowest BCUT2D eigenvalue weighted by Crippen LogP contribution is -2.25. The van der Waals surface area contributed by atoms with E-state index in [1.165, 1.54) is 12.1 Å². The van der Waals surface area contributed by atoms with Gasteiger partial charge in [0.05, 0.1) is 0 Å². The molecule has 0 radical (unpaired) electrons. The summed E-state index contributed by atoms with van der Waals surface area (Å²) in [6.45, 7) is 0. The normalized spacial score (nSPS) is 11.1. The minimum atomic E-state index is -4.59. The Balaban J connectivity index is 2.71. The Hall–Kier alpha value is -0.620. The molecule has 0 spiro atoms. The second-order valence-electron chi connectivity index (χ2n) is 2.34. The summed E-state index contributed by atoms with van der Waals surface area (Å²) in [7, 11) is 0. The van der Waals surface area contributed by atoms with Crippen LogP contribution in [0, 0.1) is 0 Å². The van der Waals surface area contributed by atoms with Crippen molar-refractivity contribution >= 4 is 33.2 Å². The summed E-state index contributed by atoms with van der Waals surface area (Å²) in [5.41, 5.74) is 0. The first kappa shape index (κ1) is 11.5. The predicted molar refractivity (Wildman–Crippen MR) is 53.4 cm³/mol. The number of alkyl halides is 3. The zero-order valence-corrected chi connectivity index (χ0v) is 9.04. The van der Waals surface area contributed by atoms with E-state index in [9.17, 15) is 13.2 Å². The van der Waals surface area contributed by atoms with Crippen molar-refractivity contribution < 1.29 is 17.9 Å². The van der Waals surface area contributed by atoms with E-state index in [1.54, 1.807) is 12.1 Å². The Morgan fingerprint density at radius 3 is 2.14 bits per heavy atom. The average molecular weight is 285 g/mol. The number of thiocarbonyl (C=S) groups is 1. The molecule has 0 aromatic heterocycles. The third-order valence-electron chi connectivity index (χ3n) is 1.26. The van der Waals surface area contributed by atoms with Crippen molar-refractivity contribution in [2.24, 2.45) is 0 Å². The van der Waals surface area contributed by atoms with Gasteiger partial charge in [-0.3, -0.25) is 0 Å². The van der Waals surface area contributed by atoms with Gasteiger partial charge in [0, 0.05) is 4.47 Å². The maximum Gasteiger partial charge on any atom is 0.460 e. The predicted octanol–water partition coefficient (Wildman–Crippen LogP) is 3.72. The zero-order chi connectivity index (χ0) is 10.8. The monoisotopic (exact) mass is 284 g/mol. The highest BCUT2D eigenvalue weighted by molar-refractivity contribution is 9.10. The fourth-order valence-electron chi connectivity index (χ4n) is 0.668. The van der Waals surface area contributed by atoms with Crippen molar-refractivity contribution in [3.63, 3.8) is 0 Å². The molecule has 0 amide bonds. The fourth-order valence-corrected chi connectivity index (χ4v) is 1.03. The first-order valence-corrected chi connectivity index (χ1v) is 4.64. The van der Waals surface area contributed by atoms with Crippen LogP contribution < -0.4 is 4.74 Å². The van der Waals surface area contributed by atoms with E-state index in [0.29, 0.717) is 0 Å². The average Bonchev–Trinajstić information content (AvgIpc) is 2.07. The summed E-state index contributed by atoms with van der Waals surface area (Å²) in [6.07, 6.45) is -4.59. The second kappa shape index (κ2) is 4.27. The first-order chi connectivity index (χ1) is 6.39. The Kier molecular flexibility index (Phi) is 3.49. The molecule has 1 rings (SSSR count). The van der Waals surface area contributed by atoms with Crippen LogP contribution in [0.3, 0.4) is 0 Å². The van der Waals surface area contributed by atoms with E-state index >= 15 is 0 Å². The summed E-state index contributed by atoms with van der Waals surface area (Å²) in [5.74, 6) is 0.0653. The highest BCUT2D eigenvalue weighted by atomic mass is 79.9. The molecule has 14 heavy (non-hydrogen) atoms. The zero-order valence-electron chi connectivity index (χ0n) is 6.64. The molecule has 0 atom stereocenters. The van der Waals surface area contributed by atoms with Gasteiger partial charge in [0.1, 0.15) is 5.75 Å². The standard InChI is InChI=1S/C8H4BrF3OS/c9-5-1-3-6(4-2-5)13-7(14)8(10,11)12/h1-4H. The van der Waals surface area contributed by atoms with Crippen LogP contribution in [0.4, 0.5) is 13.2 Å². The van der Waals surface area contributed by atoms with Crippen LogP contribution in [0.15, 0.2) is 28.7 Å². The van der Waals surface area contributed by atoms with Crippen molar-refractivity contribution in [2.75, 3.05) is 0 Å². The van der Waals surface area contributed by atoms with Gasteiger partial charge in [-0.15, -0.1) is 0 Å². The minimum Gasteiger partial charge on any atom is -0.442 e. The maximum absolute atomic E-state index is 11.9. The number of benzene rings is 1. The van der Waals surface area contributed by atoms with Gasteiger partial charge < -0.3 is 4.74 Å². The highest BCUT2D eigenvalue weighted by Crippen LogP contribution is 2.22. The third-order valence-corrected chi connectivity index (χ3v) is 2.10. The van der Waals surface area contributed by atoms with Crippen molar-refractivity contribution in [3.8, 4) is 5.75 Å². The van der Waals surface area contributed by atoms with Gasteiger partial charge in [-0.1, -0.05) is 15.9 Å². The second-order valence-corrected chi connectivity index (χ2v) is 3.63. The number of hydrogen-bond donors (Lipinski definition) is 0. The van der Waals surface area contributed by atoms with Gasteiger partial charge >= 0.3 is 6.18 Å². The van der Waals surface area contributed by atoms with Crippen molar-refractivity contribution in [1.82, 2.24) is 0 Å². The molecule has 0 N–H and O–H groups in total. The third kappa shape index (κ3) is 3.26. The van der Waals surface area contributed by atoms with Gasteiger partial charge in [0.25, 0.3) is 5.05 Å². The molecular formula is C8H4BrF3OS. The van der Waals surface area contributed by atoms with Crippen LogP contribution in [-0.2, 0) is 0 Å². The molecule has 1 nitrogen and oxygen atoms in total. The molecule has 0 fully saturated rings. The molecule has 76 valence electrons. The Morgan fingerprint density at radius 2 is 1.71 bits per heavy atom. The summed E-state index contributed by atoms with van der Waals surface area (Å²) >= 11 is 7.19. The maximum atomic E-state index is 11.9. The van der Waals surface area contributed by atoms with Gasteiger partial charge in [-0.2, -0.15) is 13.2 Å². The topological polar surface area (TPSA) is 9.23 Å². The summed E-state index contributed by atoms with van der Waals surface area (Å²) in [4.78, 5) is 0. The van der Waals surface area contributed by atoms with E-state index < -0.39 is 11.2 Å². The van der Waals surface area contributed by atoms with E-state index in [1.807, 2.05) is 0 Å². The number of hydrogen-bond acceptors (Lipinski definition) is 2. The lowest BCUT2D eigenvalue weighted by atomic mass is 10.3. The number of rotatable bonds is 1. The van der Waals surface area contributed by atoms with E-state index in [4.69, 9.17) is 0 Å². The molecule has 0 bridgehead atoms. The summed E-state index contributed by atoms with van der Waals surface area (Å²) in [5, 5.41) is -1.39. The highest BCUT2D eigenvalue weighted by Gasteiger charge is 2.36. The van der Waals surface area contributed by atoms with Crippen molar-refractivity contribution in [2.45, 2.75) is 6.18 Å². The number of ether oxygens (including phenoxy) is 1. The smallest absolute Gasteiger partial charge is 0.442 e. The van der Waals surface area contributed by atoms with Crippen molar-refractivity contribution in [3.05, 3.63) is 28.7 Å². The van der Waals surface area contributed by atoms with Gasteiger partial charge in [0.15, 0.2) is 0 Å². The molecule has 1 aromatic rings. The molecule has 0 heterocycles. The molecule has 0 saturated carbocycles. The summed E-state index contributed by atoms with van der Waals surface area (Å²) < 4.78 is 41.0. The molecule has 6 heteroatoms. The van der Waals surface area contributed by atoms with Crippen LogP contribution in [0.25, 0.3) is 0 Å². The first-order valence-electron chi connectivity index (χ1n) is 3.44. The van der Waals surface area contributed by atoms with Crippen molar-refractivity contribution in [1.29, 1.82) is 0 Å². The SMILES string of the molecule is FC(F)(F)C(=S)Oc1ccc(Br)cc1. The minimum absolute atomic E-state index is 0.0653. The quantitative estimate of drug-likeness (QED) is 0.727. The van der Waals surface area contributed by atoms with Gasteiger partial charge in [0.2, 0.25) is 0 Å². The Labute approximate surface area is 92.0 Å². The molecule has 0 aliphatic heterocycles.